The number of para-hydroxylation sites is 1. The fourth-order valence-corrected chi connectivity index (χ4v) is 3.36. The molecule has 1 aromatic carbocycles. The number of aromatic nitrogens is 5. The zero-order valence-corrected chi connectivity index (χ0v) is 12.9. The number of nitrogens with zero attached hydrogens (tertiary/aromatic N) is 5. The van der Waals surface area contributed by atoms with E-state index in [2.05, 4.69) is 15.3 Å². The van der Waals surface area contributed by atoms with Crippen molar-refractivity contribution in [2.75, 3.05) is 0 Å². The van der Waals surface area contributed by atoms with Gasteiger partial charge in [0, 0.05) is 6.04 Å². The molecule has 6 nitrogen and oxygen atoms in total. The maximum atomic E-state index is 12.8. The van der Waals surface area contributed by atoms with Gasteiger partial charge in [-0.05, 0) is 25.0 Å². The van der Waals surface area contributed by atoms with Crippen LogP contribution in [-0.2, 0) is 0 Å². The van der Waals surface area contributed by atoms with Gasteiger partial charge in [0.15, 0.2) is 11.2 Å². The summed E-state index contributed by atoms with van der Waals surface area (Å²) in [5.41, 5.74) is 1.64. The van der Waals surface area contributed by atoms with Gasteiger partial charge in [0.2, 0.25) is 0 Å². The Balaban J connectivity index is 1.79. The first-order chi connectivity index (χ1) is 11.3. The van der Waals surface area contributed by atoms with Crippen molar-refractivity contribution in [2.45, 2.75) is 44.6 Å². The van der Waals surface area contributed by atoms with E-state index in [4.69, 9.17) is 0 Å². The summed E-state index contributed by atoms with van der Waals surface area (Å²) in [5.74, 6) is 0. The van der Waals surface area contributed by atoms with Crippen LogP contribution in [0.2, 0.25) is 0 Å². The van der Waals surface area contributed by atoms with Gasteiger partial charge in [-0.2, -0.15) is 4.68 Å². The summed E-state index contributed by atoms with van der Waals surface area (Å²) in [6.45, 7) is 0. The van der Waals surface area contributed by atoms with E-state index >= 15 is 0 Å². The van der Waals surface area contributed by atoms with Crippen molar-refractivity contribution < 1.29 is 0 Å². The lowest BCUT2D eigenvalue weighted by atomic mass is 10.1. The molecule has 0 unspecified atom stereocenters. The molecule has 4 rings (SSSR count). The zero-order valence-electron chi connectivity index (χ0n) is 12.9. The van der Waals surface area contributed by atoms with Gasteiger partial charge < -0.3 is 0 Å². The number of hydrogen-bond acceptors (Lipinski definition) is 4. The fourth-order valence-electron chi connectivity index (χ4n) is 3.36. The fraction of sp³-hybridized carbons (Fsp3) is 0.412. The molecular formula is C17H19N5O. The van der Waals surface area contributed by atoms with E-state index in [1.807, 2.05) is 30.3 Å². The monoisotopic (exact) mass is 309 g/mol. The lowest BCUT2D eigenvalue weighted by Crippen LogP contribution is -2.25. The summed E-state index contributed by atoms with van der Waals surface area (Å²) in [7, 11) is 0. The van der Waals surface area contributed by atoms with Crippen LogP contribution >= 0.6 is 0 Å². The minimum atomic E-state index is -0.0796. The molecule has 6 heteroatoms. The summed E-state index contributed by atoms with van der Waals surface area (Å²) in [4.78, 5) is 17.3. The van der Waals surface area contributed by atoms with Crippen LogP contribution in [0.5, 0.6) is 0 Å². The molecule has 2 heterocycles. The molecular weight excluding hydrogens is 290 g/mol. The molecule has 0 amide bonds. The van der Waals surface area contributed by atoms with Crippen molar-refractivity contribution in [3.8, 4) is 5.69 Å². The van der Waals surface area contributed by atoms with Crippen LogP contribution in [0, 0.1) is 0 Å². The predicted octanol–water partition coefficient (Wildman–Crippen LogP) is 2.87. The van der Waals surface area contributed by atoms with E-state index in [1.165, 1.54) is 25.7 Å². The van der Waals surface area contributed by atoms with E-state index < -0.39 is 0 Å². The highest BCUT2D eigenvalue weighted by Crippen LogP contribution is 2.26. The Morgan fingerprint density at radius 1 is 1.00 bits per heavy atom. The first-order valence-corrected chi connectivity index (χ1v) is 8.22. The summed E-state index contributed by atoms with van der Waals surface area (Å²) < 4.78 is 3.38. The first kappa shape index (κ1) is 14.1. The summed E-state index contributed by atoms with van der Waals surface area (Å²) >= 11 is 0. The minimum Gasteiger partial charge on any atom is -0.294 e. The average Bonchev–Trinajstić information content (AvgIpc) is 2.84. The normalized spacial score (nSPS) is 16.5. The summed E-state index contributed by atoms with van der Waals surface area (Å²) in [6.07, 6.45) is 8.61. The Bertz CT molecular complexity index is 860. The molecule has 3 aromatic rings. The van der Waals surface area contributed by atoms with Crippen LogP contribution in [0.4, 0.5) is 0 Å². The molecule has 0 spiro atoms. The molecule has 1 aliphatic carbocycles. The molecule has 0 radical (unpaired) electrons. The van der Waals surface area contributed by atoms with Gasteiger partial charge in [-0.15, -0.1) is 5.10 Å². The van der Waals surface area contributed by atoms with Gasteiger partial charge >= 0.3 is 0 Å². The van der Waals surface area contributed by atoms with Crippen molar-refractivity contribution in [3.63, 3.8) is 0 Å². The quantitative estimate of drug-likeness (QED) is 0.683. The van der Waals surface area contributed by atoms with Crippen molar-refractivity contribution in [2.24, 2.45) is 0 Å². The van der Waals surface area contributed by atoms with Crippen LogP contribution in [-0.4, -0.2) is 24.5 Å². The van der Waals surface area contributed by atoms with Crippen LogP contribution < -0.4 is 5.56 Å². The van der Waals surface area contributed by atoms with Gasteiger partial charge in [-0.1, -0.05) is 49.1 Å². The van der Waals surface area contributed by atoms with E-state index in [1.54, 1.807) is 15.6 Å². The zero-order chi connectivity index (χ0) is 15.6. The van der Waals surface area contributed by atoms with Crippen LogP contribution in [0.25, 0.3) is 16.9 Å². The lowest BCUT2D eigenvalue weighted by Gasteiger charge is -2.16. The second-order valence-corrected chi connectivity index (χ2v) is 6.11. The molecule has 1 saturated carbocycles. The number of rotatable bonds is 2. The van der Waals surface area contributed by atoms with E-state index in [-0.39, 0.29) is 11.6 Å². The predicted molar refractivity (Wildman–Crippen MR) is 87.7 cm³/mol. The molecule has 1 aliphatic rings. The van der Waals surface area contributed by atoms with Gasteiger partial charge in [0.1, 0.15) is 6.33 Å². The maximum Gasteiger partial charge on any atom is 0.283 e. The van der Waals surface area contributed by atoms with Crippen molar-refractivity contribution >= 4 is 11.2 Å². The summed E-state index contributed by atoms with van der Waals surface area (Å²) in [6, 6.07) is 9.88. The van der Waals surface area contributed by atoms with Crippen LogP contribution in [0.1, 0.15) is 44.6 Å². The van der Waals surface area contributed by atoms with Crippen molar-refractivity contribution in [1.82, 2.24) is 24.5 Å². The van der Waals surface area contributed by atoms with Crippen molar-refractivity contribution in [1.29, 1.82) is 0 Å². The number of hydrogen-bond donors (Lipinski definition) is 0. The molecule has 0 aliphatic heterocycles. The third-order valence-electron chi connectivity index (χ3n) is 4.61. The molecule has 23 heavy (non-hydrogen) atoms. The highest BCUT2D eigenvalue weighted by molar-refractivity contribution is 5.70. The first-order valence-electron chi connectivity index (χ1n) is 8.22. The molecule has 2 aromatic heterocycles. The Kier molecular flexibility index (Phi) is 3.65. The Hall–Kier alpha value is -2.50. The van der Waals surface area contributed by atoms with Gasteiger partial charge in [0.25, 0.3) is 5.56 Å². The number of benzene rings is 1. The maximum absolute atomic E-state index is 12.8. The Morgan fingerprint density at radius 2 is 1.74 bits per heavy atom. The van der Waals surface area contributed by atoms with Gasteiger partial charge in [-0.3, -0.25) is 9.36 Å². The molecule has 118 valence electrons. The van der Waals surface area contributed by atoms with Gasteiger partial charge in [0.05, 0.1) is 5.69 Å². The third kappa shape index (κ3) is 2.54. The molecule has 0 N–H and O–H groups in total. The van der Waals surface area contributed by atoms with E-state index in [0.29, 0.717) is 11.2 Å². The molecule has 0 saturated heterocycles. The third-order valence-corrected chi connectivity index (χ3v) is 4.61. The van der Waals surface area contributed by atoms with E-state index in [0.717, 1.165) is 18.5 Å². The second-order valence-electron chi connectivity index (χ2n) is 6.11. The highest BCUT2D eigenvalue weighted by atomic mass is 16.1. The Labute approximate surface area is 133 Å². The lowest BCUT2D eigenvalue weighted by molar-refractivity contribution is 0.429. The second kappa shape index (κ2) is 5.95. The number of fused-ring (bicyclic) bond motifs is 1. The molecule has 0 atom stereocenters. The van der Waals surface area contributed by atoms with E-state index in [9.17, 15) is 4.79 Å². The SMILES string of the molecule is O=c1c2nnn(-c3ccccc3)c2ncn1C1CCCCCC1. The molecule has 0 bridgehead atoms. The molecule has 1 fully saturated rings. The largest absolute Gasteiger partial charge is 0.294 e. The van der Waals surface area contributed by atoms with Crippen LogP contribution in [0.15, 0.2) is 41.5 Å². The van der Waals surface area contributed by atoms with Crippen molar-refractivity contribution in [3.05, 3.63) is 47.0 Å². The standard InChI is InChI=1S/C17H19N5O/c23-17-15-16(22(20-19-15)14-10-6-3-7-11-14)18-12-21(17)13-8-4-1-2-5-9-13/h3,6-7,10-13H,1-2,4-5,8-9H2. The highest BCUT2D eigenvalue weighted by Gasteiger charge is 2.19. The topological polar surface area (TPSA) is 65.6 Å². The average molecular weight is 309 g/mol. The summed E-state index contributed by atoms with van der Waals surface area (Å²) in [5, 5.41) is 8.21. The van der Waals surface area contributed by atoms with Crippen LogP contribution in [0.3, 0.4) is 0 Å². The minimum absolute atomic E-state index is 0.0796. The Morgan fingerprint density at radius 3 is 2.48 bits per heavy atom. The smallest absolute Gasteiger partial charge is 0.283 e. The van der Waals surface area contributed by atoms with Gasteiger partial charge in [-0.25, -0.2) is 4.98 Å².